The van der Waals surface area contributed by atoms with Crippen LogP contribution in [0.3, 0.4) is 0 Å². The molecule has 0 bridgehead atoms. The Morgan fingerprint density at radius 2 is 1.83 bits per heavy atom. The first kappa shape index (κ1) is 10.1. The molecule has 0 N–H and O–H groups in total. The van der Waals surface area contributed by atoms with Crippen molar-refractivity contribution < 1.29 is 0 Å². The van der Waals surface area contributed by atoms with E-state index in [-0.39, 0.29) is 4.46 Å². The normalized spacial score (nSPS) is 11.7. The molecule has 0 saturated heterocycles. The minimum absolute atomic E-state index is 0.155. The molecule has 0 amide bonds. The van der Waals surface area contributed by atoms with Crippen molar-refractivity contribution >= 4 is 37.9 Å². The fraction of sp³-hybridized carbons (Fsp3) is 0.333. The Bertz CT molecular complexity index is 231. The van der Waals surface area contributed by atoms with Gasteiger partial charge in [-0.05, 0) is 12.0 Å². The van der Waals surface area contributed by atoms with Crippen molar-refractivity contribution in [1.82, 2.24) is 0 Å². The van der Waals surface area contributed by atoms with Gasteiger partial charge in [0.15, 0.2) is 0 Å². The largest absolute Gasteiger partial charge is 0.110 e. The lowest BCUT2D eigenvalue weighted by Crippen LogP contribution is -2.19. The third-order valence-electron chi connectivity index (χ3n) is 1.82. The van der Waals surface area contributed by atoms with Gasteiger partial charge in [-0.25, -0.2) is 0 Å². The topological polar surface area (TPSA) is 0 Å². The molecule has 0 unspecified atom stereocenters. The van der Waals surface area contributed by atoms with Crippen LogP contribution in [0.1, 0.15) is 12.5 Å². The molecule has 12 heavy (non-hydrogen) atoms. The molecule has 0 nitrogen and oxygen atoms in total. The van der Waals surface area contributed by atoms with E-state index in [9.17, 15) is 0 Å². The van der Waals surface area contributed by atoms with Crippen molar-refractivity contribution in [3.63, 3.8) is 0 Å². The van der Waals surface area contributed by atoms with E-state index >= 15 is 0 Å². The minimum atomic E-state index is -0.469. The minimum Gasteiger partial charge on any atom is -0.110 e. The van der Waals surface area contributed by atoms with Crippen molar-refractivity contribution in [3.05, 3.63) is 29.8 Å². The van der Waals surface area contributed by atoms with Crippen LogP contribution >= 0.6 is 23.2 Å². The Balaban J connectivity index is 2.65. The Hall–Kier alpha value is 0.0169. The summed E-state index contributed by atoms with van der Waals surface area (Å²) >= 11 is 11.4. The molecule has 0 saturated carbocycles. The SMILES string of the molecule is CCc1ccc([SiH2]C(Cl)Cl)cc1. The molecule has 1 aromatic rings. The summed E-state index contributed by atoms with van der Waals surface area (Å²) in [6, 6.07) is 8.59. The van der Waals surface area contributed by atoms with E-state index < -0.39 is 9.52 Å². The van der Waals surface area contributed by atoms with E-state index in [0.29, 0.717) is 0 Å². The van der Waals surface area contributed by atoms with E-state index in [1.54, 1.807) is 0 Å². The predicted molar refractivity (Wildman–Crippen MR) is 59.5 cm³/mol. The second-order valence-corrected chi connectivity index (χ2v) is 7.12. The van der Waals surface area contributed by atoms with Gasteiger partial charge in [0.25, 0.3) is 0 Å². The van der Waals surface area contributed by atoms with E-state index in [2.05, 4.69) is 31.2 Å². The van der Waals surface area contributed by atoms with E-state index in [0.717, 1.165) is 6.42 Å². The average Bonchev–Trinajstić information content (AvgIpc) is 2.05. The van der Waals surface area contributed by atoms with Crippen LogP contribution in [0, 0.1) is 0 Å². The average molecular weight is 219 g/mol. The summed E-state index contributed by atoms with van der Waals surface area (Å²) in [6.45, 7) is 2.15. The lowest BCUT2D eigenvalue weighted by atomic mass is 10.2. The highest BCUT2D eigenvalue weighted by molar-refractivity contribution is 6.75. The van der Waals surface area contributed by atoms with Crippen molar-refractivity contribution in [2.75, 3.05) is 0 Å². The molecule has 0 atom stereocenters. The van der Waals surface area contributed by atoms with Gasteiger partial charge in [-0.1, -0.05) is 36.4 Å². The van der Waals surface area contributed by atoms with Gasteiger partial charge in [0.2, 0.25) is 0 Å². The fourth-order valence-electron chi connectivity index (χ4n) is 1.09. The first-order chi connectivity index (χ1) is 5.72. The maximum absolute atomic E-state index is 5.71. The van der Waals surface area contributed by atoms with E-state index in [4.69, 9.17) is 23.2 Å². The lowest BCUT2D eigenvalue weighted by molar-refractivity contribution is 1.14. The molecule has 0 fully saturated rings. The summed E-state index contributed by atoms with van der Waals surface area (Å²) < 4.78 is -0.155. The second kappa shape index (κ2) is 4.90. The van der Waals surface area contributed by atoms with Crippen molar-refractivity contribution in [3.8, 4) is 0 Å². The molecular formula is C9H12Cl2Si. The molecule has 0 aliphatic heterocycles. The highest BCUT2D eigenvalue weighted by Gasteiger charge is 2.01. The third kappa shape index (κ3) is 3.17. The maximum atomic E-state index is 5.71. The molecule has 1 aromatic carbocycles. The van der Waals surface area contributed by atoms with Crippen LogP contribution in [0.25, 0.3) is 0 Å². The maximum Gasteiger partial charge on any atom is 0.0957 e. The number of aryl methyl sites for hydroxylation is 1. The molecule has 0 heterocycles. The van der Waals surface area contributed by atoms with Gasteiger partial charge in [0, 0.05) is 0 Å². The summed E-state index contributed by atoms with van der Waals surface area (Å²) in [7, 11) is -0.469. The Morgan fingerprint density at radius 3 is 2.25 bits per heavy atom. The first-order valence-electron chi connectivity index (χ1n) is 4.08. The van der Waals surface area contributed by atoms with Crippen LogP contribution in [-0.4, -0.2) is 14.0 Å². The molecule has 1 rings (SSSR count). The van der Waals surface area contributed by atoms with Crippen LogP contribution in [0.4, 0.5) is 0 Å². The zero-order valence-electron chi connectivity index (χ0n) is 7.06. The first-order valence-corrected chi connectivity index (χ1v) is 6.48. The number of hydrogen-bond donors (Lipinski definition) is 0. The number of benzene rings is 1. The molecule has 0 aromatic heterocycles. The molecule has 0 aliphatic carbocycles. The smallest absolute Gasteiger partial charge is 0.0957 e. The summed E-state index contributed by atoms with van der Waals surface area (Å²) in [5.41, 5.74) is 1.37. The third-order valence-corrected chi connectivity index (χ3v) is 4.00. The number of alkyl halides is 2. The number of rotatable bonds is 3. The zero-order chi connectivity index (χ0) is 8.97. The van der Waals surface area contributed by atoms with Crippen LogP contribution in [0.15, 0.2) is 24.3 Å². The van der Waals surface area contributed by atoms with Crippen molar-refractivity contribution in [2.45, 2.75) is 17.8 Å². The Labute approximate surface area is 85.7 Å². The van der Waals surface area contributed by atoms with E-state index in [1.165, 1.54) is 10.8 Å². The number of halogens is 2. The molecule has 3 heteroatoms. The van der Waals surface area contributed by atoms with Gasteiger partial charge in [0.1, 0.15) is 0 Å². The summed E-state index contributed by atoms with van der Waals surface area (Å²) in [5, 5.41) is 1.34. The highest BCUT2D eigenvalue weighted by atomic mass is 35.5. The standard InChI is InChI=1S/C9H12Cl2Si/c1-2-7-3-5-8(6-4-7)12-9(10)11/h3-6,9H,2,12H2,1H3. The zero-order valence-corrected chi connectivity index (χ0v) is 9.98. The molecule has 0 spiro atoms. The summed E-state index contributed by atoms with van der Waals surface area (Å²) in [4.78, 5) is 0. The van der Waals surface area contributed by atoms with Crippen LogP contribution in [-0.2, 0) is 6.42 Å². The monoisotopic (exact) mass is 218 g/mol. The Morgan fingerprint density at radius 1 is 1.25 bits per heavy atom. The quantitative estimate of drug-likeness (QED) is 0.537. The van der Waals surface area contributed by atoms with Crippen LogP contribution in [0.5, 0.6) is 0 Å². The molecule has 0 aliphatic rings. The highest BCUT2D eigenvalue weighted by Crippen LogP contribution is 2.01. The summed E-state index contributed by atoms with van der Waals surface area (Å²) in [5.74, 6) is 0. The van der Waals surface area contributed by atoms with Gasteiger partial charge in [-0.2, -0.15) is 0 Å². The van der Waals surface area contributed by atoms with Gasteiger partial charge in [-0.15, -0.1) is 23.2 Å². The van der Waals surface area contributed by atoms with Crippen LogP contribution in [0.2, 0.25) is 0 Å². The van der Waals surface area contributed by atoms with Gasteiger partial charge in [-0.3, -0.25) is 0 Å². The van der Waals surface area contributed by atoms with E-state index in [1.807, 2.05) is 0 Å². The summed E-state index contributed by atoms with van der Waals surface area (Å²) in [6.07, 6.45) is 1.09. The van der Waals surface area contributed by atoms with Crippen LogP contribution < -0.4 is 5.19 Å². The molecule has 0 radical (unpaired) electrons. The van der Waals surface area contributed by atoms with Crippen molar-refractivity contribution in [2.24, 2.45) is 0 Å². The molecule has 66 valence electrons. The predicted octanol–water partition coefficient (Wildman–Crippen LogP) is 1.80. The second-order valence-electron chi connectivity index (χ2n) is 2.77. The number of hydrogen-bond acceptors (Lipinski definition) is 0. The molecular weight excluding hydrogens is 207 g/mol. The fourth-order valence-corrected chi connectivity index (χ4v) is 3.02. The lowest BCUT2D eigenvalue weighted by Gasteiger charge is -2.01. The Kier molecular flexibility index (Phi) is 4.13. The van der Waals surface area contributed by atoms with Gasteiger partial charge >= 0.3 is 0 Å². The van der Waals surface area contributed by atoms with Gasteiger partial charge in [0.05, 0.1) is 14.0 Å². The van der Waals surface area contributed by atoms with Crippen molar-refractivity contribution in [1.29, 1.82) is 0 Å². The van der Waals surface area contributed by atoms with Gasteiger partial charge < -0.3 is 0 Å².